The van der Waals surface area contributed by atoms with Gasteiger partial charge in [-0.15, -0.1) is 0 Å². The van der Waals surface area contributed by atoms with Gasteiger partial charge >= 0.3 is 6.03 Å². The molecule has 0 saturated carbocycles. The summed E-state index contributed by atoms with van der Waals surface area (Å²) < 4.78 is 5.75. The molecule has 0 aliphatic carbocycles. The summed E-state index contributed by atoms with van der Waals surface area (Å²) >= 11 is 0. The molecule has 0 radical (unpaired) electrons. The summed E-state index contributed by atoms with van der Waals surface area (Å²) in [6, 6.07) is 7.85. The maximum Gasteiger partial charge on any atom is 0.319 e. The third-order valence-electron chi connectivity index (χ3n) is 4.09. The van der Waals surface area contributed by atoms with Crippen LogP contribution >= 0.6 is 0 Å². The predicted octanol–water partition coefficient (Wildman–Crippen LogP) is 3.12. The first-order chi connectivity index (χ1) is 11.6. The molecular formula is C19H31N3O2. The van der Waals surface area contributed by atoms with E-state index in [0.717, 1.165) is 44.8 Å². The van der Waals surface area contributed by atoms with Crippen molar-refractivity contribution in [3.8, 4) is 0 Å². The van der Waals surface area contributed by atoms with E-state index in [2.05, 4.69) is 48.4 Å². The lowest BCUT2D eigenvalue weighted by Gasteiger charge is -2.33. The van der Waals surface area contributed by atoms with Crippen molar-refractivity contribution in [2.24, 2.45) is 5.92 Å². The number of carbonyl (C=O) groups is 1. The van der Waals surface area contributed by atoms with Crippen LogP contribution in [-0.2, 0) is 11.2 Å². The highest BCUT2D eigenvalue weighted by Crippen LogP contribution is 2.11. The molecule has 1 heterocycles. The zero-order chi connectivity index (χ0) is 17.4. The van der Waals surface area contributed by atoms with Crippen LogP contribution in [0, 0.1) is 5.92 Å². The summed E-state index contributed by atoms with van der Waals surface area (Å²) in [7, 11) is 0. The molecule has 1 fully saturated rings. The molecule has 134 valence electrons. The maximum absolute atomic E-state index is 12.0. The Morgan fingerprint density at radius 3 is 2.75 bits per heavy atom. The molecule has 1 aliphatic rings. The van der Waals surface area contributed by atoms with Gasteiger partial charge in [0.1, 0.15) is 0 Å². The number of anilines is 1. The number of nitrogens with one attached hydrogen (secondary N) is 2. The number of aryl methyl sites for hydroxylation is 1. The molecule has 0 bridgehead atoms. The lowest BCUT2D eigenvalue weighted by Crippen LogP contribution is -2.48. The maximum atomic E-state index is 12.0. The highest BCUT2D eigenvalue weighted by Gasteiger charge is 2.21. The quantitative estimate of drug-likeness (QED) is 0.806. The van der Waals surface area contributed by atoms with Crippen LogP contribution in [-0.4, -0.2) is 49.8 Å². The zero-order valence-electron chi connectivity index (χ0n) is 15.2. The van der Waals surface area contributed by atoms with Crippen LogP contribution in [0.4, 0.5) is 10.5 Å². The number of urea groups is 1. The monoisotopic (exact) mass is 333 g/mol. The van der Waals surface area contributed by atoms with Gasteiger partial charge in [-0.3, -0.25) is 4.90 Å². The molecule has 0 spiro atoms. The molecule has 2 rings (SSSR count). The van der Waals surface area contributed by atoms with E-state index in [1.807, 2.05) is 12.1 Å². The first-order valence-corrected chi connectivity index (χ1v) is 9.04. The Bertz CT molecular complexity index is 502. The first kappa shape index (κ1) is 18.7. The number of hydrogen-bond donors (Lipinski definition) is 2. The minimum atomic E-state index is -0.178. The average Bonchev–Trinajstić information content (AvgIpc) is 2.55. The van der Waals surface area contributed by atoms with Gasteiger partial charge in [-0.2, -0.15) is 0 Å². The second kappa shape index (κ2) is 9.64. The molecular weight excluding hydrogens is 302 g/mol. The molecule has 5 heteroatoms. The molecule has 1 aromatic carbocycles. The first-order valence-electron chi connectivity index (χ1n) is 9.04. The number of amides is 2. The van der Waals surface area contributed by atoms with E-state index in [4.69, 9.17) is 4.74 Å². The summed E-state index contributed by atoms with van der Waals surface area (Å²) in [6.07, 6.45) is 2.26. The van der Waals surface area contributed by atoms with Crippen molar-refractivity contribution >= 4 is 11.7 Å². The fraction of sp³-hybridized carbons (Fsp3) is 0.632. The number of morpholine rings is 1. The van der Waals surface area contributed by atoms with Crippen LogP contribution in [0.1, 0.15) is 32.8 Å². The van der Waals surface area contributed by atoms with Crippen LogP contribution in [0.5, 0.6) is 0 Å². The van der Waals surface area contributed by atoms with Crippen molar-refractivity contribution in [2.45, 2.75) is 39.7 Å². The smallest absolute Gasteiger partial charge is 0.319 e. The van der Waals surface area contributed by atoms with E-state index in [0.29, 0.717) is 12.5 Å². The third kappa shape index (κ3) is 6.49. The van der Waals surface area contributed by atoms with Gasteiger partial charge in [0.05, 0.1) is 12.7 Å². The summed E-state index contributed by atoms with van der Waals surface area (Å²) in [5.74, 6) is 0.649. The lowest BCUT2D eigenvalue weighted by atomic mass is 10.1. The fourth-order valence-corrected chi connectivity index (χ4v) is 3.01. The molecule has 1 aromatic rings. The Kier molecular flexibility index (Phi) is 7.53. The fourth-order valence-electron chi connectivity index (χ4n) is 3.01. The van der Waals surface area contributed by atoms with Crippen LogP contribution in [0.15, 0.2) is 24.3 Å². The normalized spacial score (nSPS) is 18.6. The number of benzene rings is 1. The predicted molar refractivity (Wildman–Crippen MR) is 98.5 cm³/mol. The van der Waals surface area contributed by atoms with E-state index < -0.39 is 0 Å². The van der Waals surface area contributed by atoms with Gasteiger partial charge in [0, 0.05) is 31.9 Å². The van der Waals surface area contributed by atoms with Gasteiger partial charge in [-0.1, -0.05) is 39.3 Å². The van der Waals surface area contributed by atoms with Crippen molar-refractivity contribution in [2.75, 3.05) is 38.1 Å². The third-order valence-corrected chi connectivity index (χ3v) is 4.09. The second-order valence-corrected chi connectivity index (χ2v) is 6.93. The van der Waals surface area contributed by atoms with Gasteiger partial charge in [0.2, 0.25) is 0 Å². The standard InChI is InChI=1S/C19H31N3O2/c1-4-5-16-6-8-17(9-7-16)21-19(23)20-12-18-14-22(10-11-24-18)13-15(2)3/h6-9,15,18H,4-5,10-14H2,1-3H3,(H2,20,21,23). The SMILES string of the molecule is CCCc1ccc(NC(=O)NCC2CN(CC(C)C)CCO2)cc1. The molecule has 2 amide bonds. The minimum absolute atomic E-state index is 0.0650. The van der Waals surface area contributed by atoms with Crippen molar-refractivity contribution in [3.63, 3.8) is 0 Å². The highest BCUT2D eigenvalue weighted by molar-refractivity contribution is 5.89. The Morgan fingerprint density at radius 1 is 1.33 bits per heavy atom. The van der Waals surface area contributed by atoms with Crippen molar-refractivity contribution in [1.29, 1.82) is 0 Å². The molecule has 24 heavy (non-hydrogen) atoms. The number of rotatable bonds is 7. The zero-order valence-corrected chi connectivity index (χ0v) is 15.2. The number of ether oxygens (including phenoxy) is 1. The van der Waals surface area contributed by atoms with E-state index in [9.17, 15) is 4.79 Å². The molecule has 1 atom stereocenters. The lowest BCUT2D eigenvalue weighted by molar-refractivity contribution is -0.0288. The molecule has 1 unspecified atom stereocenters. The van der Waals surface area contributed by atoms with Gasteiger partial charge in [0.25, 0.3) is 0 Å². The number of carbonyl (C=O) groups excluding carboxylic acids is 1. The Labute approximate surface area is 145 Å². The molecule has 2 N–H and O–H groups in total. The molecule has 0 aromatic heterocycles. The Balaban J connectivity index is 1.72. The highest BCUT2D eigenvalue weighted by atomic mass is 16.5. The number of hydrogen-bond acceptors (Lipinski definition) is 3. The summed E-state index contributed by atoms with van der Waals surface area (Å²) in [5, 5.41) is 5.79. The van der Waals surface area contributed by atoms with Crippen LogP contribution in [0.2, 0.25) is 0 Å². The average molecular weight is 333 g/mol. The van der Waals surface area contributed by atoms with Crippen LogP contribution in [0.25, 0.3) is 0 Å². The number of nitrogens with zero attached hydrogens (tertiary/aromatic N) is 1. The molecule has 1 aliphatic heterocycles. The van der Waals surface area contributed by atoms with Gasteiger partial charge in [-0.05, 0) is 30.0 Å². The minimum Gasteiger partial charge on any atom is -0.374 e. The summed E-state index contributed by atoms with van der Waals surface area (Å²) in [4.78, 5) is 14.4. The van der Waals surface area contributed by atoms with E-state index in [-0.39, 0.29) is 12.1 Å². The van der Waals surface area contributed by atoms with Gasteiger partial charge in [-0.25, -0.2) is 4.79 Å². The van der Waals surface area contributed by atoms with E-state index in [1.165, 1.54) is 5.56 Å². The van der Waals surface area contributed by atoms with Crippen LogP contribution in [0.3, 0.4) is 0 Å². The summed E-state index contributed by atoms with van der Waals surface area (Å²) in [6.45, 7) is 10.8. The Hall–Kier alpha value is -1.59. The van der Waals surface area contributed by atoms with Crippen molar-refractivity contribution in [3.05, 3.63) is 29.8 Å². The summed E-state index contributed by atoms with van der Waals surface area (Å²) in [5.41, 5.74) is 2.11. The van der Waals surface area contributed by atoms with Crippen molar-refractivity contribution < 1.29 is 9.53 Å². The van der Waals surface area contributed by atoms with Gasteiger partial charge < -0.3 is 15.4 Å². The van der Waals surface area contributed by atoms with Crippen LogP contribution < -0.4 is 10.6 Å². The molecule has 1 saturated heterocycles. The van der Waals surface area contributed by atoms with Crippen molar-refractivity contribution in [1.82, 2.24) is 10.2 Å². The largest absolute Gasteiger partial charge is 0.374 e. The molecule has 5 nitrogen and oxygen atoms in total. The van der Waals surface area contributed by atoms with E-state index in [1.54, 1.807) is 0 Å². The Morgan fingerprint density at radius 2 is 2.08 bits per heavy atom. The van der Waals surface area contributed by atoms with Gasteiger partial charge in [0.15, 0.2) is 0 Å². The van der Waals surface area contributed by atoms with E-state index >= 15 is 0 Å². The topological polar surface area (TPSA) is 53.6 Å². The second-order valence-electron chi connectivity index (χ2n) is 6.93.